The zero-order chi connectivity index (χ0) is 13.2. The second-order valence-electron chi connectivity index (χ2n) is 3.85. The van der Waals surface area contributed by atoms with Crippen LogP contribution >= 0.6 is 0 Å². The fraction of sp³-hybridized carbons (Fsp3) is 0.125. The van der Waals surface area contributed by atoms with Crippen LogP contribution in [0.25, 0.3) is 12.2 Å². The number of ether oxygens (including phenoxy) is 1. The highest BCUT2D eigenvalue weighted by molar-refractivity contribution is 5.44. The largest absolute Gasteiger partial charge is 0.373 e. The molecule has 3 heteroatoms. The number of nitrogens with zero attached hydrogens (tertiary/aromatic N) is 2. The van der Waals surface area contributed by atoms with Gasteiger partial charge >= 0.3 is 0 Å². The molecule has 2 aromatic heterocycles. The third-order valence-electron chi connectivity index (χ3n) is 2.38. The van der Waals surface area contributed by atoms with Crippen LogP contribution < -0.4 is 0 Å². The second-order valence-corrected chi connectivity index (χ2v) is 3.85. The van der Waals surface area contributed by atoms with E-state index in [0.717, 1.165) is 11.4 Å². The van der Waals surface area contributed by atoms with Crippen molar-refractivity contribution in [3.63, 3.8) is 0 Å². The van der Waals surface area contributed by atoms with Gasteiger partial charge in [-0.15, -0.1) is 0 Å². The van der Waals surface area contributed by atoms with Gasteiger partial charge in [0.15, 0.2) is 0 Å². The summed E-state index contributed by atoms with van der Waals surface area (Å²) in [6, 6.07) is 11.6. The Balaban J connectivity index is 1.65. The maximum absolute atomic E-state index is 5.45. The van der Waals surface area contributed by atoms with E-state index in [1.807, 2.05) is 60.7 Å². The van der Waals surface area contributed by atoms with Gasteiger partial charge in [0.1, 0.15) is 0 Å². The molecule has 0 spiro atoms. The lowest BCUT2D eigenvalue weighted by Crippen LogP contribution is -1.90. The highest BCUT2D eigenvalue weighted by Crippen LogP contribution is 1.97. The summed E-state index contributed by atoms with van der Waals surface area (Å²) in [4.78, 5) is 8.38. The first-order valence-corrected chi connectivity index (χ1v) is 6.18. The number of rotatable bonds is 6. The molecule has 0 fully saturated rings. The molecule has 0 aliphatic heterocycles. The molecule has 0 saturated carbocycles. The molecule has 0 aromatic carbocycles. The van der Waals surface area contributed by atoms with Crippen LogP contribution in [-0.4, -0.2) is 23.2 Å². The zero-order valence-corrected chi connectivity index (χ0v) is 10.6. The smallest absolute Gasteiger partial charge is 0.0655 e. The van der Waals surface area contributed by atoms with Crippen molar-refractivity contribution < 1.29 is 4.74 Å². The quantitative estimate of drug-likeness (QED) is 0.740. The fourth-order valence-electron chi connectivity index (χ4n) is 1.49. The van der Waals surface area contributed by atoms with Crippen LogP contribution in [0.15, 0.2) is 60.9 Å². The van der Waals surface area contributed by atoms with Gasteiger partial charge in [0, 0.05) is 12.4 Å². The highest BCUT2D eigenvalue weighted by atomic mass is 16.5. The number of pyridine rings is 2. The van der Waals surface area contributed by atoms with E-state index in [2.05, 4.69) is 9.97 Å². The molecule has 3 nitrogen and oxygen atoms in total. The van der Waals surface area contributed by atoms with Gasteiger partial charge in [0.05, 0.1) is 24.6 Å². The first-order valence-electron chi connectivity index (χ1n) is 6.18. The minimum Gasteiger partial charge on any atom is -0.373 e. The number of aromatic nitrogens is 2. The number of hydrogen-bond acceptors (Lipinski definition) is 3. The van der Waals surface area contributed by atoms with E-state index < -0.39 is 0 Å². The summed E-state index contributed by atoms with van der Waals surface area (Å²) in [6.07, 6.45) is 11.4. The highest BCUT2D eigenvalue weighted by Gasteiger charge is 1.85. The Hall–Kier alpha value is -2.26. The van der Waals surface area contributed by atoms with Gasteiger partial charge in [-0.1, -0.05) is 24.3 Å². The SMILES string of the molecule is C(=Cc1ccccn1)COCC=Cc1ccccn1. The molecule has 96 valence electrons. The molecule has 0 amide bonds. The summed E-state index contributed by atoms with van der Waals surface area (Å²) in [5.74, 6) is 0. The van der Waals surface area contributed by atoms with Crippen molar-refractivity contribution in [3.8, 4) is 0 Å². The van der Waals surface area contributed by atoms with Crippen LogP contribution in [0.1, 0.15) is 11.4 Å². The first kappa shape index (κ1) is 13.2. The predicted octanol–water partition coefficient (Wildman–Crippen LogP) is 3.22. The molecule has 0 aliphatic rings. The minimum atomic E-state index is 0.573. The molecule has 19 heavy (non-hydrogen) atoms. The normalized spacial score (nSPS) is 11.4. The maximum Gasteiger partial charge on any atom is 0.0655 e. The van der Waals surface area contributed by atoms with Crippen LogP contribution in [0.5, 0.6) is 0 Å². The van der Waals surface area contributed by atoms with Crippen molar-refractivity contribution in [2.75, 3.05) is 13.2 Å². The van der Waals surface area contributed by atoms with Crippen LogP contribution in [0.2, 0.25) is 0 Å². The van der Waals surface area contributed by atoms with Gasteiger partial charge in [0.2, 0.25) is 0 Å². The molecular weight excluding hydrogens is 236 g/mol. The summed E-state index contributed by atoms with van der Waals surface area (Å²) in [6.45, 7) is 1.15. The van der Waals surface area contributed by atoms with Crippen LogP contribution in [0.3, 0.4) is 0 Å². The first-order chi connectivity index (χ1) is 9.45. The molecule has 0 saturated heterocycles. The summed E-state index contributed by atoms with van der Waals surface area (Å²) in [5.41, 5.74) is 1.88. The maximum atomic E-state index is 5.45. The topological polar surface area (TPSA) is 35.0 Å². The molecule has 2 aromatic rings. The Bertz CT molecular complexity index is 471. The molecule has 2 heterocycles. The molecule has 2 rings (SSSR count). The van der Waals surface area contributed by atoms with Gasteiger partial charge in [-0.25, -0.2) is 0 Å². The summed E-state index contributed by atoms with van der Waals surface area (Å²) in [7, 11) is 0. The molecular formula is C16H16N2O. The van der Waals surface area contributed by atoms with Gasteiger partial charge in [-0.3, -0.25) is 9.97 Å². The monoisotopic (exact) mass is 252 g/mol. The standard InChI is InChI=1S/C16H16N2O/c1-3-11-17-15(7-1)9-5-13-19-14-6-10-16-8-2-4-12-18-16/h1-12H,13-14H2. The van der Waals surface area contributed by atoms with E-state index in [-0.39, 0.29) is 0 Å². The lowest BCUT2D eigenvalue weighted by molar-refractivity contribution is 0.195. The molecule has 0 aliphatic carbocycles. The van der Waals surface area contributed by atoms with E-state index >= 15 is 0 Å². The van der Waals surface area contributed by atoms with Crippen LogP contribution in [0, 0.1) is 0 Å². The summed E-state index contributed by atoms with van der Waals surface area (Å²) >= 11 is 0. The van der Waals surface area contributed by atoms with Crippen molar-refractivity contribution in [1.29, 1.82) is 0 Å². The number of hydrogen-bond donors (Lipinski definition) is 0. The van der Waals surface area contributed by atoms with E-state index in [9.17, 15) is 0 Å². The van der Waals surface area contributed by atoms with E-state index in [0.29, 0.717) is 13.2 Å². The molecule has 0 bridgehead atoms. The molecule has 0 N–H and O–H groups in total. The van der Waals surface area contributed by atoms with Crippen molar-refractivity contribution in [3.05, 3.63) is 72.3 Å². The predicted molar refractivity (Wildman–Crippen MR) is 77.4 cm³/mol. The molecule has 0 unspecified atom stereocenters. The fourth-order valence-corrected chi connectivity index (χ4v) is 1.49. The Morgan fingerprint density at radius 3 is 1.74 bits per heavy atom. The third kappa shape index (κ3) is 5.27. The Labute approximate surface area is 113 Å². The Kier molecular flexibility index (Phi) is 5.51. The average Bonchev–Trinajstić information content (AvgIpc) is 2.48. The van der Waals surface area contributed by atoms with Crippen molar-refractivity contribution >= 4 is 12.2 Å². The molecule has 0 atom stereocenters. The van der Waals surface area contributed by atoms with Crippen molar-refractivity contribution in [2.45, 2.75) is 0 Å². The van der Waals surface area contributed by atoms with Gasteiger partial charge < -0.3 is 4.74 Å². The third-order valence-corrected chi connectivity index (χ3v) is 2.38. The lowest BCUT2D eigenvalue weighted by Gasteiger charge is -1.95. The van der Waals surface area contributed by atoms with E-state index in [1.54, 1.807) is 12.4 Å². The zero-order valence-electron chi connectivity index (χ0n) is 10.6. The average molecular weight is 252 g/mol. The van der Waals surface area contributed by atoms with E-state index in [4.69, 9.17) is 4.74 Å². The van der Waals surface area contributed by atoms with E-state index in [1.165, 1.54) is 0 Å². The van der Waals surface area contributed by atoms with Gasteiger partial charge in [-0.2, -0.15) is 0 Å². The minimum absolute atomic E-state index is 0.573. The van der Waals surface area contributed by atoms with Crippen LogP contribution in [0.4, 0.5) is 0 Å². The summed E-state index contributed by atoms with van der Waals surface area (Å²) in [5, 5.41) is 0. The van der Waals surface area contributed by atoms with Crippen LogP contribution in [-0.2, 0) is 4.74 Å². The Morgan fingerprint density at radius 1 is 0.789 bits per heavy atom. The lowest BCUT2D eigenvalue weighted by atomic mass is 10.3. The molecule has 0 radical (unpaired) electrons. The van der Waals surface area contributed by atoms with Crippen molar-refractivity contribution in [1.82, 2.24) is 9.97 Å². The van der Waals surface area contributed by atoms with Gasteiger partial charge in [-0.05, 0) is 36.4 Å². The second kappa shape index (κ2) is 7.95. The van der Waals surface area contributed by atoms with Crippen molar-refractivity contribution in [2.24, 2.45) is 0 Å². The Morgan fingerprint density at radius 2 is 1.32 bits per heavy atom. The summed E-state index contributed by atoms with van der Waals surface area (Å²) < 4.78 is 5.45. The van der Waals surface area contributed by atoms with Gasteiger partial charge in [0.25, 0.3) is 0 Å².